The largest absolute Gasteiger partial charge is 0.405 e. The van der Waals surface area contributed by atoms with E-state index in [9.17, 15) is 4.79 Å². The van der Waals surface area contributed by atoms with E-state index in [-0.39, 0.29) is 24.2 Å². The van der Waals surface area contributed by atoms with Crippen LogP contribution in [0.1, 0.15) is 63.6 Å². The number of carbonyl (C=O) groups excluding carboxylic acids is 1. The molecule has 5 rings (SSSR count). The molecule has 0 N–H and O–H groups in total. The van der Waals surface area contributed by atoms with Gasteiger partial charge in [-0.3, -0.25) is 4.79 Å². The van der Waals surface area contributed by atoms with Crippen LogP contribution in [0.2, 0.25) is 5.04 Å². The summed E-state index contributed by atoms with van der Waals surface area (Å²) in [5.74, 6) is -0.129. The number of carbonyl (C=O) groups is 1. The normalized spacial score (nSPS) is 13.6. The molecule has 1 amide bonds. The zero-order valence-electron chi connectivity index (χ0n) is 33.2. The van der Waals surface area contributed by atoms with Crippen molar-refractivity contribution in [3.63, 3.8) is 0 Å². The van der Waals surface area contributed by atoms with Crippen LogP contribution >= 0.6 is 11.6 Å². The van der Waals surface area contributed by atoms with Crippen molar-refractivity contribution in [3.8, 4) is 0 Å². The lowest BCUT2D eigenvalue weighted by Gasteiger charge is -2.45. The highest BCUT2D eigenvalue weighted by Crippen LogP contribution is 2.43. The predicted molar refractivity (Wildman–Crippen MR) is 230 cm³/mol. The van der Waals surface area contributed by atoms with E-state index in [1.54, 1.807) is 24.5 Å². The van der Waals surface area contributed by atoms with E-state index in [2.05, 4.69) is 142 Å². The molecule has 0 aliphatic carbocycles. The number of hydrogen-bond acceptors (Lipinski definition) is 4. The number of halogens is 1. The molecule has 0 spiro atoms. The molecule has 0 fully saturated rings. The molecule has 55 heavy (non-hydrogen) atoms. The summed E-state index contributed by atoms with van der Waals surface area (Å²) in [6, 6.07) is 52.4. The first-order chi connectivity index (χ1) is 26.5. The van der Waals surface area contributed by atoms with Crippen molar-refractivity contribution in [2.24, 2.45) is 0 Å². The van der Waals surface area contributed by atoms with E-state index in [0.29, 0.717) is 6.42 Å². The summed E-state index contributed by atoms with van der Waals surface area (Å²) in [5, 5.41) is 2.08. The van der Waals surface area contributed by atoms with Gasteiger partial charge in [0.2, 0.25) is 5.91 Å². The first kappa shape index (κ1) is 41.9. The van der Waals surface area contributed by atoms with Crippen molar-refractivity contribution >= 4 is 36.2 Å². The molecule has 2 atom stereocenters. The standard InChI is InChI=1S/C48H56ClNO4Si/c1-38(35-49)23-22-34-44(54-48(39-24-12-7-13-25-39,40-26-14-8-15-27-40)41-28-16-9-17-29-41)45(52-37-46(51)50(5)6)36-53-55(47(2,3)4,42-30-18-10-19-31-42)43-32-20-11-21-33-43/h7-21,24-33,35,44-45H,22-23,34,36-37H2,1-6H3/b38-35+/t44-,45-/m1/s1. The van der Waals surface area contributed by atoms with Crippen molar-refractivity contribution in [2.45, 2.75) is 69.8 Å². The Bertz CT molecular complexity index is 1780. The number of rotatable bonds is 18. The maximum absolute atomic E-state index is 13.3. The molecule has 5 nitrogen and oxygen atoms in total. The first-order valence-corrected chi connectivity index (χ1v) is 21.5. The lowest BCUT2D eigenvalue weighted by atomic mass is 9.79. The molecule has 0 aliphatic rings. The van der Waals surface area contributed by atoms with Gasteiger partial charge >= 0.3 is 0 Å². The Kier molecular flexibility index (Phi) is 14.9. The van der Waals surface area contributed by atoms with Crippen LogP contribution < -0.4 is 10.4 Å². The third-order valence-electron chi connectivity index (χ3n) is 10.3. The number of allylic oxidation sites excluding steroid dienone is 1. The molecule has 0 radical (unpaired) electrons. The van der Waals surface area contributed by atoms with Crippen molar-refractivity contribution < 1.29 is 18.7 Å². The van der Waals surface area contributed by atoms with E-state index in [0.717, 1.165) is 35.1 Å². The summed E-state index contributed by atoms with van der Waals surface area (Å²) in [5.41, 5.74) is 4.69. The fraction of sp³-hybridized carbons (Fsp3) is 0.312. The fourth-order valence-corrected chi connectivity index (χ4v) is 12.1. The number of likely N-dealkylation sites (N-methyl/N-ethyl adjacent to an activating group) is 1. The van der Waals surface area contributed by atoms with Crippen molar-refractivity contribution in [2.75, 3.05) is 27.3 Å². The van der Waals surface area contributed by atoms with Crippen LogP contribution in [-0.4, -0.2) is 58.6 Å². The second-order valence-corrected chi connectivity index (χ2v) is 19.9. The van der Waals surface area contributed by atoms with Crippen LogP contribution in [0.5, 0.6) is 0 Å². The number of amides is 1. The van der Waals surface area contributed by atoms with Crippen molar-refractivity contribution in [3.05, 3.63) is 179 Å². The minimum absolute atomic E-state index is 0.114. The van der Waals surface area contributed by atoms with E-state index in [1.165, 1.54) is 10.4 Å². The average molecular weight is 775 g/mol. The smallest absolute Gasteiger partial charge is 0.261 e. The van der Waals surface area contributed by atoms with Gasteiger partial charge in [0.1, 0.15) is 18.3 Å². The molecule has 288 valence electrons. The number of ether oxygens (including phenoxy) is 2. The average Bonchev–Trinajstić information content (AvgIpc) is 3.21. The molecular weight excluding hydrogens is 718 g/mol. The Morgan fingerprint density at radius 1 is 0.691 bits per heavy atom. The molecule has 5 aromatic rings. The lowest BCUT2D eigenvalue weighted by molar-refractivity contribution is -0.153. The molecule has 0 saturated heterocycles. The van der Waals surface area contributed by atoms with Crippen LogP contribution in [0.4, 0.5) is 0 Å². The Morgan fingerprint density at radius 3 is 1.49 bits per heavy atom. The summed E-state index contributed by atoms with van der Waals surface area (Å²) in [6.45, 7) is 8.94. The van der Waals surface area contributed by atoms with Gasteiger partial charge in [-0.15, -0.1) is 0 Å². The summed E-state index contributed by atoms with van der Waals surface area (Å²) >= 11 is 6.17. The quantitative estimate of drug-likeness (QED) is 0.0658. The molecule has 5 aromatic carbocycles. The van der Waals surface area contributed by atoms with E-state index in [4.69, 9.17) is 25.5 Å². The van der Waals surface area contributed by atoms with Crippen LogP contribution in [0.3, 0.4) is 0 Å². The molecule has 7 heteroatoms. The lowest BCUT2D eigenvalue weighted by Crippen LogP contribution is -2.67. The van der Waals surface area contributed by atoms with Gasteiger partial charge in [0.15, 0.2) is 0 Å². The van der Waals surface area contributed by atoms with Gasteiger partial charge in [0, 0.05) is 19.6 Å². The molecule has 0 heterocycles. The van der Waals surface area contributed by atoms with Crippen molar-refractivity contribution in [1.29, 1.82) is 0 Å². The molecule has 0 bridgehead atoms. The second-order valence-electron chi connectivity index (χ2n) is 15.4. The minimum atomic E-state index is -3.00. The molecule has 0 aliphatic heterocycles. The van der Waals surface area contributed by atoms with Gasteiger partial charge in [-0.1, -0.05) is 190 Å². The van der Waals surface area contributed by atoms with Gasteiger partial charge in [-0.05, 0) is 58.3 Å². The summed E-state index contributed by atoms with van der Waals surface area (Å²) in [6.07, 6.45) is 1.06. The van der Waals surface area contributed by atoms with Gasteiger partial charge < -0.3 is 18.8 Å². The fourth-order valence-electron chi connectivity index (χ4n) is 7.45. The number of benzene rings is 5. The molecular formula is C48H56ClNO4Si. The molecule has 0 unspecified atom stereocenters. The van der Waals surface area contributed by atoms with Gasteiger partial charge in [0.05, 0.1) is 12.7 Å². The first-order valence-electron chi connectivity index (χ1n) is 19.2. The maximum Gasteiger partial charge on any atom is 0.261 e. The Morgan fingerprint density at radius 2 is 1.11 bits per heavy atom. The summed E-state index contributed by atoms with van der Waals surface area (Å²) < 4.78 is 22.1. The third-order valence-corrected chi connectivity index (χ3v) is 15.7. The molecule has 0 saturated carbocycles. The zero-order valence-corrected chi connectivity index (χ0v) is 34.9. The predicted octanol–water partition coefficient (Wildman–Crippen LogP) is 9.73. The summed E-state index contributed by atoms with van der Waals surface area (Å²) in [7, 11) is 0.501. The summed E-state index contributed by atoms with van der Waals surface area (Å²) in [4.78, 5) is 14.8. The second kappa shape index (κ2) is 19.5. The highest BCUT2D eigenvalue weighted by Gasteiger charge is 2.51. The minimum Gasteiger partial charge on any atom is -0.405 e. The van der Waals surface area contributed by atoms with Crippen LogP contribution in [0, 0.1) is 0 Å². The van der Waals surface area contributed by atoms with E-state index in [1.807, 2.05) is 37.3 Å². The van der Waals surface area contributed by atoms with Crippen LogP contribution in [-0.2, 0) is 24.3 Å². The topological polar surface area (TPSA) is 48.0 Å². The van der Waals surface area contributed by atoms with Gasteiger partial charge in [-0.2, -0.15) is 0 Å². The monoisotopic (exact) mass is 773 g/mol. The van der Waals surface area contributed by atoms with Crippen LogP contribution in [0.25, 0.3) is 0 Å². The van der Waals surface area contributed by atoms with Crippen molar-refractivity contribution in [1.82, 2.24) is 4.90 Å². The highest BCUT2D eigenvalue weighted by molar-refractivity contribution is 6.99. The third kappa shape index (κ3) is 9.93. The number of nitrogens with zero attached hydrogens (tertiary/aromatic N) is 1. The highest BCUT2D eigenvalue weighted by atomic mass is 35.5. The van der Waals surface area contributed by atoms with Gasteiger partial charge in [-0.25, -0.2) is 0 Å². The number of hydrogen-bond donors (Lipinski definition) is 0. The van der Waals surface area contributed by atoms with Crippen LogP contribution in [0.15, 0.2) is 163 Å². The zero-order chi connectivity index (χ0) is 39.3. The van der Waals surface area contributed by atoms with E-state index >= 15 is 0 Å². The Balaban J connectivity index is 1.70. The molecule has 0 aromatic heterocycles. The maximum atomic E-state index is 13.3. The SMILES string of the molecule is C/C(=C\Cl)CCC[C@@H](OC(c1ccccc1)(c1ccccc1)c1ccccc1)[C@@H](CO[Si](c1ccccc1)(c1ccccc1)C(C)(C)C)OCC(=O)N(C)C. The Hall–Kier alpha value is -4.30. The van der Waals surface area contributed by atoms with Gasteiger partial charge in [0.25, 0.3) is 8.32 Å². The Labute approximate surface area is 335 Å². The van der Waals surface area contributed by atoms with E-state index < -0.39 is 26.1 Å².